The van der Waals surface area contributed by atoms with Crippen molar-refractivity contribution >= 4 is 30.1 Å². The van der Waals surface area contributed by atoms with Gasteiger partial charge in [-0.25, -0.2) is 0 Å². The van der Waals surface area contributed by atoms with Gasteiger partial charge in [-0.3, -0.25) is 0 Å². The normalized spacial score (nSPS) is 9.43. The van der Waals surface area contributed by atoms with Gasteiger partial charge < -0.3 is 0 Å². The second kappa shape index (κ2) is 7.15. The maximum absolute atomic E-state index is 2.25. The number of rotatable bonds is 4. The molecule has 0 aliphatic carbocycles. The molecule has 0 aromatic heterocycles. The van der Waals surface area contributed by atoms with Crippen molar-refractivity contribution in [1.29, 1.82) is 0 Å². The molecular weight excluding hydrogens is 211 g/mol. The molecule has 0 bridgehead atoms. The molecular formula is C5H12SSn. The summed E-state index contributed by atoms with van der Waals surface area (Å²) in [4.78, 5) is 0. The van der Waals surface area contributed by atoms with Gasteiger partial charge in [0.1, 0.15) is 0 Å². The molecule has 0 rings (SSSR count). The molecule has 0 N–H and O–H groups in total. The second-order valence-corrected chi connectivity index (χ2v) is 5.17. The van der Waals surface area contributed by atoms with Gasteiger partial charge in [0, 0.05) is 0 Å². The van der Waals surface area contributed by atoms with Crippen molar-refractivity contribution in [3.8, 4) is 0 Å². The summed E-state index contributed by atoms with van der Waals surface area (Å²) in [6.07, 6.45) is 4.22. The van der Waals surface area contributed by atoms with Gasteiger partial charge in [0.25, 0.3) is 0 Å². The first-order valence-electron chi connectivity index (χ1n) is 2.73. The first kappa shape index (κ1) is 8.15. The SMILES string of the molecule is CCCCC[S][SnH]. The van der Waals surface area contributed by atoms with Crippen LogP contribution in [0.4, 0.5) is 0 Å². The minimum absolute atomic E-state index is 1.36. The Labute approximate surface area is 62.0 Å². The quantitative estimate of drug-likeness (QED) is 0.516. The van der Waals surface area contributed by atoms with Crippen LogP contribution in [0.3, 0.4) is 0 Å². The fourth-order valence-corrected chi connectivity index (χ4v) is 2.23. The third kappa shape index (κ3) is 7.15. The van der Waals surface area contributed by atoms with Crippen molar-refractivity contribution in [2.45, 2.75) is 26.2 Å². The zero-order valence-corrected chi connectivity index (χ0v) is 8.93. The molecule has 0 atom stereocenters. The zero-order valence-electron chi connectivity index (χ0n) is 4.81. The van der Waals surface area contributed by atoms with E-state index in [-0.39, 0.29) is 0 Å². The molecule has 0 amide bonds. The fraction of sp³-hybridized carbons (Fsp3) is 1.00. The molecule has 42 valence electrons. The van der Waals surface area contributed by atoms with E-state index in [0.29, 0.717) is 0 Å². The molecule has 2 heteroatoms. The average molecular weight is 223 g/mol. The molecule has 0 aromatic carbocycles. The fourth-order valence-electron chi connectivity index (χ4n) is 0.435. The first-order chi connectivity index (χ1) is 3.41. The third-order valence-corrected chi connectivity index (χ3v) is 3.41. The van der Waals surface area contributed by atoms with E-state index in [2.05, 4.69) is 15.9 Å². The maximum atomic E-state index is 2.25. The number of hydrogen-bond acceptors (Lipinski definition) is 1. The van der Waals surface area contributed by atoms with Gasteiger partial charge >= 0.3 is 62.0 Å². The van der Waals surface area contributed by atoms with Crippen molar-refractivity contribution < 1.29 is 0 Å². The Morgan fingerprint density at radius 1 is 1.43 bits per heavy atom. The Hall–Kier alpha value is 1.15. The van der Waals surface area contributed by atoms with Crippen molar-refractivity contribution in [3.63, 3.8) is 0 Å². The summed E-state index contributed by atoms with van der Waals surface area (Å²) >= 11 is 1.38. The van der Waals surface area contributed by atoms with Gasteiger partial charge in [-0.1, -0.05) is 0 Å². The van der Waals surface area contributed by atoms with E-state index in [1.165, 1.54) is 46.2 Å². The van der Waals surface area contributed by atoms with E-state index in [0.717, 1.165) is 0 Å². The van der Waals surface area contributed by atoms with Crippen LogP contribution in [-0.4, -0.2) is 26.9 Å². The van der Waals surface area contributed by atoms with Crippen LogP contribution >= 0.6 is 8.95 Å². The minimum atomic E-state index is 1.36. The molecule has 0 aliphatic rings. The molecule has 0 spiro atoms. The van der Waals surface area contributed by atoms with Crippen LogP contribution in [0.2, 0.25) is 0 Å². The van der Waals surface area contributed by atoms with Crippen LogP contribution in [0.5, 0.6) is 0 Å². The summed E-state index contributed by atoms with van der Waals surface area (Å²) in [5.41, 5.74) is 0. The van der Waals surface area contributed by atoms with Crippen LogP contribution < -0.4 is 0 Å². The summed E-state index contributed by atoms with van der Waals surface area (Å²) < 4.78 is 0. The third-order valence-electron chi connectivity index (χ3n) is 0.866. The van der Waals surface area contributed by atoms with Crippen molar-refractivity contribution in [3.05, 3.63) is 0 Å². The van der Waals surface area contributed by atoms with Gasteiger partial charge in [0.05, 0.1) is 0 Å². The van der Waals surface area contributed by atoms with E-state index < -0.39 is 0 Å². The van der Waals surface area contributed by atoms with Crippen LogP contribution in [0.15, 0.2) is 0 Å². The van der Waals surface area contributed by atoms with Crippen molar-refractivity contribution in [2.75, 3.05) is 5.75 Å². The Bertz CT molecular complexity index is 27.3. The molecule has 0 fully saturated rings. The predicted molar refractivity (Wildman–Crippen MR) is 39.1 cm³/mol. The Morgan fingerprint density at radius 2 is 2.14 bits per heavy atom. The zero-order chi connectivity index (χ0) is 5.54. The van der Waals surface area contributed by atoms with Crippen molar-refractivity contribution in [2.24, 2.45) is 0 Å². The number of unbranched alkanes of at least 4 members (excludes halogenated alkanes) is 2. The van der Waals surface area contributed by atoms with Crippen LogP contribution in [0.1, 0.15) is 26.2 Å². The Morgan fingerprint density at radius 3 is 2.57 bits per heavy atom. The molecule has 0 unspecified atom stereocenters. The van der Waals surface area contributed by atoms with E-state index in [1.807, 2.05) is 0 Å². The van der Waals surface area contributed by atoms with Gasteiger partial charge in [-0.15, -0.1) is 0 Å². The van der Waals surface area contributed by atoms with Gasteiger partial charge in [-0.05, 0) is 0 Å². The summed E-state index contributed by atoms with van der Waals surface area (Å²) in [6, 6.07) is 0. The molecule has 0 aliphatic heterocycles. The Kier molecular flexibility index (Phi) is 8.32. The van der Waals surface area contributed by atoms with Crippen LogP contribution in [-0.2, 0) is 0 Å². The molecule has 0 aromatic rings. The second-order valence-electron chi connectivity index (χ2n) is 1.58. The molecule has 2 radical (unpaired) electrons. The monoisotopic (exact) mass is 224 g/mol. The molecule has 7 heavy (non-hydrogen) atoms. The molecule has 0 nitrogen and oxygen atoms in total. The van der Waals surface area contributed by atoms with Crippen molar-refractivity contribution in [1.82, 2.24) is 0 Å². The molecule has 0 heterocycles. The van der Waals surface area contributed by atoms with Gasteiger partial charge in [-0.2, -0.15) is 0 Å². The van der Waals surface area contributed by atoms with E-state index in [4.69, 9.17) is 0 Å². The summed E-state index contributed by atoms with van der Waals surface area (Å²) in [6.45, 7) is 2.25. The topological polar surface area (TPSA) is 0 Å². The van der Waals surface area contributed by atoms with Crippen LogP contribution in [0, 0.1) is 0 Å². The summed E-state index contributed by atoms with van der Waals surface area (Å²) in [5, 5.41) is 0. The standard InChI is InChI=1S/C5H12S.Sn.H/c1-2-3-4-5-6;;/h6H,2-5H2,1H3;;/q;+1;/p-1. The Balaban J connectivity index is 2.45. The summed E-state index contributed by atoms with van der Waals surface area (Å²) in [7, 11) is 2.07. The number of hydrogen-bond donors (Lipinski definition) is 0. The van der Waals surface area contributed by atoms with Gasteiger partial charge in [0.2, 0.25) is 0 Å². The van der Waals surface area contributed by atoms with Gasteiger partial charge in [0.15, 0.2) is 0 Å². The average Bonchev–Trinajstić information content (AvgIpc) is 1.69. The molecule has 0 saturated heterocycles. The van der Waals surface area contributed by atoms with Crippen LogP contribution in [0.25, 0.3) is 0 Å². The first-order valence-corrected chi connectivity index (χ1v) is 7.82. The predicted octanol–water partition coefficient (Wildman–Crippen LogP) is 1.73. The summed E-state index contributed by atoms with van der Waals surface area (Å²) in [5.74, 6) is 1.40. The van der Waals surface area contributed by atoms with E-state index in [9.17, 15) is 0 Å². The van der Waals surface area contributed by atoms with E-state index >= 15 is 0 Å². The molecule has 0 saturated carbocycles. The van der Waals surface area contributed by atoms with E-state index in [1.54, 1.807) is 0 Å².